The van der Waals surface area contributed by atoms with Crippen LogP contribution in [0.4, 0.5) is 0 Å². The number of amides is 1. The lowest BCUT2D eigenvalue weighted by Crippen LogP contribution is -2.59. The van der Waals surface area contributed by atoms with Crippen molar-refractivity contribution in [2.75, 3.05) is 39.9 Å². The van der Waals surface area contributed by atoms with Gasteiger partial charge in [0, 0.05) is 31.6 Å². The molecule has 9 heteroatoms. The number of aromatic nitrogens is 1. The Kier molecular flexibility index (Phi) is 6.25. The van der Waals surface area contributed by atoms with Crippen molar-refractivity contribution in [1.29, 1.82) is 0 Å². The third-order valence-electron chi connectivity index (χ3n) is 7.07. The van der Waals surface area contributed by atoms with Gasteiger partial charge in [0.1, 0.15) is 12.4 Å². The van der Waals surface area contributed by atoms with Gasteiger partial charge in [-0.2, -0.15) is 4.31 Å². The van der Waals surface area contributed by atoms with Crippen molar-refractivity contribution in [2.24, 2.45) is 0 Å². The van der Waals surface area contributed by atoms with Crippen LogP contribution in [0.2, 0.25) is 0 Å². The van der Waals surface area contributed by atoms with E-state index in [4.69, 9.17) is 9.47 Å². The monoisotopic (exact) mass is 495 g/mol. The molecule has 0 aliphatic carbocycles. The Morgan fingerprint density at radius 2 is 1.77 bits per heavy atom. The number of pyridine rings is 1. The van der Waals surface area contributed by atoms with Crippen LogP contribution in [0.15, 0.2) is 59.6 Å². The van der Waals surface area contributed by atoms with E-state index in [0.717, 1.165) is 22.0 Å². The van der Waals surface area contributed by atoms with Crippen LogP contribution in [0, 0.1) is 0 Å². The summed E-state index contributed by atoms with van der Waals surface area (Å²) in [6.07, 6.45) is 2.83. The van der Waals surface area contributed by atoms with Gasteiger partial charge < -0.3 is 14.4 Å². The SMILES string of the molecule is CCN1CC2(CCN(S(=O)(=O)c3ccc(-c4ccc5cc(OC)cnc5c4)cc3)CC2)OCC1=O. The Morgan fingerprint density at radius 1 is 1.06 bits per heavy atom. The summed E-state index contributed by atoms with van der Waals surface area (Å²) in [6, 6.07) is 14.9. The van der Waals surface area contributed by atoms with E-state index in [-0.39, 0.29) is 17.4 Å². The number of ether oxygens (including phenoxy) is 2. The molecule has 184 valence electrons. The summed E-state index contributed by atoms with van der Waals surface area (Å²) >= 11 is 0. The first kappa shape index (κ1) is 23.7. The van der Waals surface area contributed by atoms with Gasteiger partial charge in [-0.15, -0.1) is 0 Å². The fraction of sp³-hybridized carbons (Fsp3) is 0.385. The van der Waals surface area contributed by atoms with Gasteiger partial charge in [-0.25, -0.2) is 8.42 Å². The van der Waals surface area contributed by atoms with E-state index in [0.29, 0.717) is 44.8 Å². The predicted octanol–water partition coefficient (Wildman–Crippen LogP) is 3.31. The molecule has 1 spiro atoms. The first-order chi connectivity index (χ1) is 16.8. The number of carbonyl (C=O) groups excluding carboxylic acids is 1. The molecule has 2 fully saturated rings. The summed E-state index contributed by atoms with van der Waals surface area (Å²) in [4.78, 5) is 18.5. The molecule has 8 nitrogen and oxygen atoms in total. The van der Waals surface area contributed by atoms with E-state index in [1.807, 2.05) is 43.3 Å². The van der Waals surface area contributed by atoms with Gasteiger partial charge in [-0.05, 0) is 55.2 Å². The lowest BCUT2D eigenvalue weighted by Gasteiger charge is -2.46. The maximum atomic E-state index is 13.3. The van der Waals surface area contributed by atoms with Gasteiger partial charge in [-0.1, -0.05) is 24.3 Å². The number of morpholine rings is 1. The molecule has 2 aliphatic rings. The highest BCUT2D eigenvalue weighted by atomic mass is 32.2. The number of rotatable bonds is 5. The lowest BCUT2D eigenvalue weighted by molar-refractivity contribution is -0.169. The number of carbonyl (C=O) groups is 1. The number of benzene rings is 2. The molecule has 0 unspecified atom stereocenters. The van der Waals surface area contributed by atoms with Crippen molar-refractivity contribution in [3.05, 3.63) is 54.7 Å². The number of methoxy groups -OCH3 is 1. The molecule has 1 aromatic heterocycles. The van der Waals surface area contributed by atoms with Gasteiger partial charge in [0.2, 0.25) is 15.9 Å². The standard InChI is InChI=1S/C26H29N3O5S/c1-3-28-18-26(34-17-25(28)30)10-12-29(13-11-26)35(31,32)23-8-6-19(7-9-23)20-4-5-21-14-22(33-2)16-27-24(21)15-20/h4-9,14-16H,3,10-13,17-18H2,1-2H3. The molecule has 0 N–H and O–H groups in total. The zero-order valence-electron chi connectivity index (χ0n) is 19.9. The predicted molar refractivity (Wildman–Crippen MR) is 133 cm³/mol. The number of likely N-dealkylation sites (N-methyl/N-ethyl adjacent to an activating group) is 1. The van der Waals surface area contributed by atoms with E-state index in [1.165, 1.54) is 4.31 Å². The van der Waals surface area contributed by atoms with E-state index in [2.05, 4.69) is 4.98 Å². The average molecular weight is 496 g/mol. The minimum absolute atomic E-state index is 0.00446. The summed E-state index contributed by atoms with van der Waals surface area (Å²) < 4.78 is 39.3. The van der Waals surface area contributed by atoms with E-state index in [9.17, 15) is 13.2 Å². The molecule has 0 atom stereocenters. The summed E-state index contributed by atoms with van der Waals surface area (Å²) in [5, 5.41) is 0.975. The molecule has 2 aromatic carbocycles. The second-order valence-corrected chi connectivity index (χ2v) is 11.0. The van der Waals surface area contributed by atoms with Crippen molar-refractivity contribution < 1.29 is 22.7 Å². The van der Waals surface area contributed by atoms with Crippen LogP contribution in [0.1, 0.15) is 19.8 Å². The van der Waals surface area contributed by atoms with Crippen molar-refractivity contribution in [3.63, 3.8) is 0 Å². The number of hydrogen-bond acceptors (Lipinski definition) is 6. The quantitative estimate of drug-likeness (QED) is 0.540. The van der Waals surface area contributed by atoms with Gasteiger partial charge in [0.05, 0.1) is 29.3 Å². The molecular weight excluding hydrogens is 466 g/mol. The molecular formula is C26H29N3O5S. The summed E-state index contributed by atoms with van der Waals surface area (Å²) in [5.41, 5.74) is 2.27. The molecule has 2 aliphatic heterocycles. The normalized spacial score (nSPS) is 18.8. The highest BCUT2D eigenvalue weighted by Gasteiger charge is 2.44. The Labute approximate surface area is 205 Å². The molecule has 1 amide bonds. The van der Waals surface area contributed by atoms with Gasteiger partial charge in [0.25, 0.3) is 0 Å². The van der Waals surface area contributed by atoms with Gasteiger partial charge in [-0.3, -0.25) is 9.78 Å². The Morgan fingerprint density at radius 3 is 2.46 bits per heavy atom. The Bertz CT molecular complexity index is 1350. The number of fused-ring (bicyclic) bond motifs is 1. The van der Waals surface area contributed by atoms with Crippen molar-refractivity contribution in [3.8, 4) is 16.9 Å². The summed E-state index contributed by atoms with van der Waals surface area (Å²) in [6.45, 7) is 3.93. The number of hydrogen-bond donors (Lipinski definition) is 0. The third-order valence-corrected chi connectivity index (χ3v) is 8.98. The highest BCUT2D eigenvalue weighted by molar-refractivity contribution is 7.89. The zero-order chi connectivity index (χ0) is 24.6. The summed E-state index contributed by atoms with van der Waals surface area (Å²) in [5.74, 6) is 0.699. The van der Waals surface area contributed by atoms with Crippen LogP contribution < -0.4 is 4.74 Å². The van der Waals surface area contributed by atoms with E-state index >= 15 is 0 Å². The van der Waals surface area contributed by atoms with E-state index < -0.39 is 15.6 Å². The smallest absolute Gasteiger partial charge is 0.248 e. The zero-order valence-corrected chi connectivity index (χ0v) is 20.8. The first-order valence-electron chi connectivity index (χ1n) is 11.8. The average Bonchev–Trinajstić information content (AvgIpc) is 2.90. The largest absolute Gasteiger partial charge is 0.495 e. The summed E-state index contributed by atoms with van der Waals surface area (Å²) in [7, 11) is -2.01. The van der Waals surface area contributed by atoms with Crippen LogP contribution in [0.25, 0.3) is 22.0 Å². The maximum absolute atomic E-state index is 13.3. The first-order valence-corrected chi connectivity index (χ1v) is 13.2. The minimum Gasteiger partial charge on any atom is -0.495 e. The molecule has 2 saturated heterocycles. The van der Waals surface area contributed by atoms with Crippen LogP contribution in [-0.2, 0) is 19.6 Å². The lowest BCUT2D eigenvalue weighted by atomic mass is 9.90. The number of sulfonamides is 1. The van der Waals surface area contributed by atoms with Crippen molar-refractivity contribution in [2.45, 2.75) is 30.3 Å². The fourth-order valence-electron chi connectivity index (χ4n) is 4.87. The third kappa shape index (κ3) is 4.51. The van der Waals surface area contributed by atoms with Gasteiger partial charge in [0.15, 0.2) is 0 Å². The number of piperidine rings is 1. The van der Waals surface area contributed by atoms with Crippen LogP contribution in [0.3, 0.4) is 0 Å². The van der Waals surface area contributed by atoms with Crippen LogP contribution in [0.5, 0.6) is 5.75 Å². The van der Waals surface area contributed by atoms with Crippen molar-refractivity contribution >= 4 is 26.8 Å². The molecule has 35 heavy (non-hydrogen) atoms. The number of nitrogens with zero attached hydrogens (tertiary/aromatic N) is 3. The van der Waals surface area contributed by atoms with Crippen LogP contribution >= 0.6 is 0 Å². The van der Waals surface area contributed by atoms with Gasteiger partial charge >= 0.3 is 0 Å². The molecule has 3 aromatic rings. The Hall–Kier alpha value is -3.01. The molecule has 0 radical (unpaired) electrons. The molecule has 0 saturated carbocycles. The maximum Gasteiger partial charge on any atom is 0.248 e. The van der Waals surface area contributed by atoms with E-state index in [1.54, 1.807) is 30.3 Å². The second-order valence-electron chi connectivity index (χ2n) is 9.09. The van der Waals surface area contributed by atoms with Crippen molar-refractivity contribution in [1.82, 2.24) is 14.2 Å². The molecule has 5 rings (SSSR count). The highest BCUT2D eigenvalue weighted by Crippen LogP contribution is 2.33. The topological polar surface area (TPSA) is 89.0 Å². The molecule has 0 bridgehead atoms. The van der Waals surface area contributed by atoms with Crippen LogP contribution in [-0.4, -0.2) is 74.0 Å². The fourth-order valence-corrected chi connectivity index (χ4v) is 6.31. The molecule has 3 heterocycles. The second kappa shape index (κ2) is 9.22. The Balaban J connectivity index is 1.30. The minimum atomic E-state index is -3.62.